The van der Waals surface area contributed by atoms with Crippen molar-refractivity contribution in [1.29, 1.82) is 0 Å². The van der Waals surface area contributed by atoms with Crippen molar-refractivity contribution in [3.8, 4) is 0 Å². The zero-order valence-corrected chi connectivity index (χ0v) is 9.85. The van der Waals surface area contributed by atoms with Crippen LogP contribution in [-0.2, 0) is 4.79 Å². The highest BCUT2D eigenvalue weighted by Crippen LogP contribution is 2.22. The van der Waals surface area contributed by atoms with Crippen molar-refractivity contribution in [1.82, 2.24) is 0 Å². The van der Waals surface area contributed by atoms with Gasteiger partial charge in [-0.15, -0.1) is 0 Å². The molecule has 0 heterocycles. The van der Waals surface area contributed by atoms with E-state index in [1.165, 1.54) is 32.0 Å². The number of nitro benzene ring substituents is 1. The number of hydrogen-bond donors (Lipinski definition) is 2. The van der Waals surface area contributed by atoms with Gasteiger partial charge in [0.15, 0.2) is 0 Å². The maximum atomic E-state index is 11.5. The van der Waals surface area contributed by atoms with Gasteiger partial charge in [0.2, 0.25) is 0 Å². The van der Waals surface area contributed by atoms with E-state index in [9.17, 15) is 20.0 Å². The normalized spacial score (nSPS) is 11.1. The van der Waals surface area contributed by atoms with Crippen molar-refractivity contribution in [2.24, 2.45) is 0 Å². The molecule has 1 amide bonds. The smallest absolute Gasteiger partial charge is 0.272 e. The van der Waals surface area contributed by atoms with Gasteiger partial charge in [-0.3, -0.25) is 14.9 Å². The summed E-state index contributed by atoms with van der Waals surface area (Å²) in [6.45, 7) is 4.30. The van der Waals surface area contributed by atoms with E-state index >= 15 is 0 Å². The number of aryl methyl sites for hydroxylation is 1. The molecule has 17 heavy (non-hydrogen) atoms. The van der Waals surface area contributed by atoms with E-state index in [-0.39, 0.29) is 5.69 Å². The second-order valence-electron chi connectivity index (χ2n) is 4.27. The average Bonchev–Trinajstić information content (AvgIpc) is 2.15. The molecule has 6 heteroatoms. The van der Waals surface area contributed by atoms with Gasteiger partial charge < -0.3 is 10.4 Å². The number of carbonyl (C=O) groups is 1. The number of benzene rings is 1. The second kappa shape index (κ2) is 4.50. The maximum Gasteiger partial charge on any atom is 0.272 e. The van der Waals surface area contributed by atoms with Crippen molar-refractivity contribution in [2.75, 3.05) is 5.32 Å². The van der Waals surface area contributed by atoms with Gasteiger partial charge in [-0.1, -0.05) is 0 Å². The van der Waals surface area contributed by atoms with Crippen molar-refractivity contribution >= 4 is 17.3 Å². The molecule has 0 fully saturated rings. The Hall–Kier alpha value is -1.95. The Bertz CT molecular complexity index is 463. The molecule has 0 bridgehead atoms. The molecule has 0 aliphatic rings. The number of aliphatic hydroxyl groups is 1. The van der Waals surface area contributed by atoms with Gasteiger partial charge >= 0.3 is 0 Å². The molecule has 0 aromatic heterocycles. The van der Waals surface area contributed by atoms with Crippen LogP contribution in [0.25, 0.3) is 0 Å². The fourth-order valence-corrected chi connectivity index (χ4v) is 1.22. The van der Waals surface area contributed by atoms with Crippen molar-refractivity contribution in [3.63, 3.8) is 0 Å². The first-order chi connectivity index (χ1) is 7.71. The van der Waals surface area contributed by atoms with Crippen LogP contribution in [-0.4, -0.2) is 21.5 Å². The van der Waals surface area contributed by atoms with Gasteiger partial charge in [0.1, 0.15) is 5.60 Å². The lowest BCUT2D eigenvalue weighted by Crippen LogP contribution is -2.36. The fraction of sp³-hybridized carbons (Fsp3) is 0.364. The van der Waals surface area contributed by atoms with Crippen molar-refractivity contribution in [3.05, 3.63) is 33.9 Å². The van der Waals surface area contributed by atoms with Gasteiger partial charge in [-0.25, -0.2) is 0 Å². The number of nitro groups is 1. The Balaban J connectivity index is 2.92. The molecule has 0 atom stereocenters. The minimum absolute atomic E-state index is 0.00809. The molecule has 6 nitrogen and oxygen atoms in total. The molecule has 2 N–H and O–H groups in total. The molecular formula is C11H14N2O4. The SMILES string of the molecule is Cc1cc(NC(=O)C(C)(C)O)ccc1[N+](=O)[O-]. The van der Waals surface area contributed by atoms with Gasteiger partial charge in [-0.05, 0) is 32.9 Å². The summed E-state index contributed by atoms with van der Waals surface area (Å²) < 4.78 is 0. The zero-order chi connectivity index (χ0) is 13.2. The van der Waals surface area contributed by atoms with Crippen LogP contribution in [0, 0.1) is 17.0 Å². The molecule has 0 aliphatic carbocycles. The van der Waals surface area contributed by atoms with Gasteiger partial charge in [0.05, 0.1) is 4.92 Å². The number of anilines is 1. The summed E-state index contributed by atoms with van der Waals surface area (Å²) in [5.74, 6) is -0.564. The number of rotatable bonds is 3. The standard InChI is InChI=1S/C11H14N2O4/c1-7-6-8(4-5-9(7)13(16)17)12-10(14)11(2,3)15/h4-6,15H,1-3H3,(H,12,14). The quantitative estimate of drug-likeness (QED) is 0.618. The van der Waals surface area contributed by atoms with Crippen LogP contribution in [0.3, 0.4) is 0 Å². The summed E-state index contributed by atoms with van der Waals surface area (Å²) in [6.07, 6.45) is 0. The lowest BCUT2D eigenvalue weighted by atomic mass is 10.1. The average molecular weight is 238 g/mol. The first kappa shape index (κ1) is 13.1. The number of carbonyl (C=O) groups excluding carboxylic acids is 1. The Morgan fingerprint density at radius 2 is 2.06 bits per heavy atom. The van der Waals surface area contributed by atoms with E-state index in [2.05, 4.69) is 5.32 Å². The van der Waals surface area contributed by atoms with Crippen LogP contribution in [0.5, 0.6) is 0 Å². The van der Waals surface area contributed by atoms with Gasteiger partial charge in [0, 0.05) is 17.3 Å². The molecule has 0 spiro atoms. The summed E-state index contributed by atoms with van der Waals surface area (Å²) >= 11 is 0. The third kappa shape index (κ3) is 3.25. The summed E-state index contributed by atoms with van der Waals surface area (Å²) in [7, 11) is 0. The first-order valence-electron chi connectivity index (χ1n) is 5.00. The fourth-order valence-electron chi connectivity index (χ4n) is 1.22. The number of nitrogens with one attached hydrogen (secondary N) is 1. The predicted octanol–water partition coefficient (Wildman–Crippen LogP) is 1.61. The predicted molar refractivity (Wildman–Crippen MR) is 62.8 cm³/mol. The highest BCUT2D eigenvalue weighted by Gasteiger charge is 2.24. The molecule has 92 valence electrons. The van der Waals surface area contributed by atoms with E-state index in [1.807, 2.05) is 0 Å². The minimum atomic E-state index is -1.49. The Morgan fingerprint density at radius 3 is 2.47 bits per heavy atom. The molecule has 1 aromatic rings. The molecule has 0 unspecified atom stereocenters. The second-order valence-corrected chi connectivity index (χ2v) is 4.27. The highest BCUT2D eigenvalue weighted by molar-refractivity contribution is 5.96. The van der Waals surface area contributed by atoms with E-state index in [1.54, 1.807) is 6.92 Å². The zero-order valence-electron chi connectivity index (χ0n) is 9.85. The lowest BCUT2D eigenvalue weighted by molar-refractivity contribution is -0.385. The molecule has 0 saturated carbocycles. The van der Waals surface area contributed by atoms with Crippen LogP contribution in [0.2, 0.25) is 0 Å². The molecular weight excluding hydrogens is 224 g/mol. The van der Waals surface area contributed by atoms with Crippen LogP contribution >= 0.6 is 0 Å². The van der Waals surface area contributed by atoms with Crippen LogP contribution < -0.4 is 5.32 Å². The molecule has 1 aromatic carbocycles. The van der Waals surface area contributed by atoms with Crippen LogP contribution in [0.15, 0.2) is 18.2 Å². The minimum Gasteiger partial charge on any atom is -0.381 e. The largest absolute Gasteiger partial charge is 0.381 e. The monoisotopic (exact) mass is 238 g/mol. The summed E-state index contributed by atoms with van der Waals surface area (Å²) in [5, 5.41) is 22.5. The summed E-state index contributed by atoms with van der Waals surface area (Å²) in [4.78, 5) is 21.6. The van der Waals surface area contributed by atoms with E-state index in [4.69, 9.17) is 0 Å². The third-order valence-electron chi connectivity index (χ3n) is 2.21. The van der Waals surface area contributed by atoms with Crippen LogP contribution in [0.4, 0.5) is 11.4 Å². The van der Waals surface area contributed by atoms with E-state index in [0.29, 0.717) is 11.3 Å². The van der Waals surface area contributed by atoms with E-state index < -0.39 is 16.4 Å². The topological polar surface area (TPSA) is 92.5 Å². The Kier molecular flexibility index (Phi) is 3.47. The maximum absolute atomic E-state index is 11.5. The lowest BCUT2D eigenvalue weighted by Gasteiger charge is -2.16. The van der Waals surface area contributed by atoms with Gasteiger partial charge in [0.25, 0.3) is 11.6 Å². The van der Waals surface area contributed by atoms with Crippen molar-refractivity contribution in [2.45, 2.75) is 26.4 Å². The van der Waals surface area contributed by atoms with E-state index in [0.717, 1.165) is 0 Å². The summed E-state index contributed by atoms with van der Waals surface area (Å²) in [6, 6.07) is 4.23. The van der Waals surface area contributed by atoms with Gasteiger partial charge in [-0.2, -0.15) is 0 Å². The molecule has 0 radical (unpaired) electrons. The molecule has 0 aliphatic heterocycles. The summed E-state index contributed by atoms with van der Waals surface area (Å²) in [5.41, 5.74) is -0.634. The third-order valence-corrected chi connectivity index (χ3v) is 2.21. The number of amides is 1. The highest BCUT2D eigenvalue weighted by atomic mass is 16.6. The number of nitrogens with zero attached hydrogens (tertiary/aromatic N) is 1. The Morgan fingerprint density at radius 1 is 1.47 bits per heavy atom. The van der Waals surface area contributed by atoms with Crippen LogP contribution in [0.1, 0.15) is 19.4 Å². The first-order valence-corrected chi connectivity index (χ1v) is 5.00. The number of hydrogen-bond acceptors (Lipinski definition) is 4. The van der Waals surface area contributed by atoms with Crippen molar-refractivity contribution < 1.29 is 14.8 Å². The molecule has 1 rings (SSSR count). The Labute approximate surface area is 98.4 Å². The molecule has 0 saturated heterocycles.